The first-order chi connectivity index (χ1) is 10.6. The van der Waals surface area contributed by atoms with Crippen LogP contribution in [-0.2, 0) is 4.79 Å². The summed E-state index contributed by atoms with van der Waals surface area (Å²) in [5.74, 6) is -0.743. The van der Waals surface area contributed by atoms with Gasteiger partial charge in [-0.25, -0.2) is 0 Å². The van der Waals surface area contributed by atoms with E-state index >= 15 is 0 Å². The molecule has 0 saturated carbocycles. The van der Waals surface area contributed by atoms with Crippen LogP contribution in [0.3, 0.4) is 0 Å². The highest BCUT2D eigenvalue weighted by molar-refractivity contribution is 7.80. The van der Waals surface area contributed by atoms with Crippen molar-refractivity contribution in [3.05, 3.63) is 0 Å². The minimum absolute atomic E-state index is 0.00247. The molecule has 5 nitrogen and oxygen atoms in total. The molecule has 4 N–H and O–H groups in total. The molecule has 0 aromatic carbocycles. The molecule has 0 amide bonds. The van der Waals surface area contributed by atoms with Gasteiger partial charge in [0.1, 0.15) is 0 Å². The van der Waals surface area contributed by atoms with Gasteiger partial charge in [-0.1, -0.05) is 26.7 Å². The lowest BCUT2D eigenvalue weighted by molar-refractivity contribution is -0.147. The first-order valence-corrected chi connectivity index (χ1v) is 8.87. The predicted molar refractivity (Wildman–Crippen MR) is 98.6 cm³/mol. The second kappa shape index (κ2) is 10.8. The van der Waals surface area contributed by atoms with Crippen molar-refractivity contribution < 1.29 is 15.0 Å². The highest BCUT2D eigenvalue weighted by atomic mass is 32.1. The Hall–Kier alpha value is -0.880. The molecule has 0 unspecified atom stereocenters. The SMILES string of the molecule is CC(C)(CO)CCCCNC(=S)NCCCCC(C)(C)C(=O)O. The Morgan fingerprint density at radius 2 is 1.43 bits per heavy atom. The van der Waals surface area contributed by atoms with Crippen molar-refractivity contribution in [1.29, 1.82) is 0 Å². The number of aliphatic hydroxyl groups is 1. The number of rotatable bonds is 12. The summed E-state index contributed by atoms with van der Waals surface area (Å²) in [5.41, 5.74) is -0.649. The number of carbonyl (C=O) groups is 1. The first-order valence-electron chi connectivity index (χ1n) is 8.47. The van der Waals surface area contributed by atoms with Crippen molar-refractivity contribution in [3.8, 4) is 0 Å². The van der Waals surface area contributed by atoms with Gasteiger partial charge in [0.05, 0.1) is 5.41 Å². The summed E-state index contributed by atoms with van der Waals surface area (Å²) in [7, 11) is 0. The van der Waals surface area contributed by atoms with E-state index in [2.05, 4.69) is 24.5 Å². The Labute approximate surface area is 146 Å². The van der Waals surface area contributed by atoms with Crippen LogP contribution in [0.15, 0.2) is 0 Å². The fourth-order valence-electron chi connectivity index (χ4n) is 2.07. The Morgan fingerprint density at radius 3 is 1.87 bits per heavy atom. The maximum atomic E-state index is 11.0. The quantitative estimate of drug-likeness (QED) is 0.321. The molecule has 0 radical (unpaired) electrons. The number of unbranched alkanes of at least 4 members (excludes halogenated alkanes) is 2. The third-order valence-corrected chi connectivity index (χ3v) is 4.38. The maximum Gasteiger partial charge on any atom is 0.309 e. The van der Waals surface area contributed by atoms with Gasteiger partial charge >= 0.3 is 5.97 Å². The first kappa shape index (κ1) is 22.1. The largest absolute Gasteiger partial charge is 0.481 e. The minimum atomic E-state index is -0.743. The molecule has 23 heavy (non-hydrogen) atoms. The zero-order valence-electron chi connectivity index (χ0n) is 15.1. The lowest BCUT2D eigenvalue weighted by atomic mass is 9.87. The highest BCUT2D eigenvalue weighted by Crippen LogP contribution is 2.23. The van der Waals surface area contributed by atoms with Crippen LogP contribution in [0.1, 0.15) is 66.2 Å². The lowest BCUT2D eigenvalue weighted by Crippen LogP contribution is -2.36. The van der Waals surface area contributed by atoms with E-state index in [-0.39, 0.29) is 12.0 Å². The number of hydrogen-bond acceptors (Lipinski definition) is 3. The van der Waals surface area contributed by atoms with E-state index in [1.54, 1.807) is 13.8 Å². The van der Waals surface area contributed by atoms with Crippen LogP contribution in [0.2, 0.25) is 0 Å². The molecule has 0 saturated heterocycles. The number of nitrogens with one attached hydrogen (secondary N) is 2. The van der Waals surface area contributed by atoms with Gasteiger partial charge in [0.2, 0.25) is 0 Å². The average molecular weight is 347 g/mol. The Bertz CT molecular complexity index is 371. The number of carboxylic acids is 1. The van der Waals surface area contributed by atoms with E-state index < -0.39 is 11.4 Å². The topological polar surface area (TPSA) is 81.6 Å². The minimum Gasteiger partial charge on any atom is -0.481 e. The summed E-state index contributed by atoms with van der Waals surface area (Å²) < 4.78 is 0. The number of aliphatic carboxylic acids is 1. The Balaban J connectivity index is 3.57. The van der Waals surface area contributed by atoms with Crippen LogP contribution in [0.4, 0.5) is 0 Å². The fourth-order valence-corrected chi connectivity index (χ4v) is 2.28. The van der Waals surface area contributed by atoms with E-state index in [0.717, 1.165) is 45.2 Å². The summed E-state index contributed by atoms with van der Waals surface area (Å²) in [6.07, 6.45) is 5.54. The summed E-state index contributed by atoms with van der Waals surface area (Å²) in [6.45, 7) is 9.47. The molecule has 0 heterocycles. The predicted octanol–water partition coefficient (Wildman–Crippen LogP) is 2.92. The fraction of sp³-hybridized carbons (Fsp3) is 0.882. The molecule has 0 spiro atoms. The molecule has 0 rings (SSSR count). The zero-order chi connectivity index (χ0) is 17.9. The van der Waals surface area contributed by atoms with E-state index in [1.807, 2.05) is 0 Å². The van der Waals surface area contributed by atoms with Crippen LogP contribution in [0.25, 0.3) is 0 Å². The van der Waals surface area contributed by atoms with Crippen LogP contribution in [0.5, 0.6) is 0 Å². The van der Waals surface area contributed by atoms with Gasteiger partial charge in [-0.05, 0) is 57.2 Å². The standard InChI is InChI=1S/C17H34N2O3S/c1-16(2,13-20)9-5-7-11-18-15(23)19-12-8-6-10-17(3,4)14(21)22/h20H,5-13H2,1-4H3,(H,21,22)(H2,18,19,23). The molecule has 0 bridgehead atoms. The number of aliphatic hydroxyl groups excluding tert-OH is 1. The van der Waals surface area contributed by atoms with Crippen LogP contribution in [-0.4, -0.2) is 41.0 Å². The maximum absolute atomic E-state index is 11.0. The van der Waals surface area contributed by atoms with Gasteiger partial charge in [0, 0.05) is 19.7 Å². The van der Waals surface area contributed by atoms with Crippen molar-refractivity contribution >= 4 is 23.3 Å². The normalized spacial score (nSPS) is 12.0. The Kier molecular flexibility index (Phi) is 10.4. The summed E-state index contributed by atoms with van der Waals surface area (Å²) in [5, 5.41) is 25.2. The van der Waals surface area contributed by atoms with E-state index in [0.29, 0.717) is 11.5 Å². The van der Waals surface area contributed by atoms with Crippen LogP contribution >= 0.6 is 12.2 Å². The number of hydrogen-bond donors (Lipinski definition) is 4. The Morgan fingerprint density at radius 1 is 0.957 bits per heavy atom. The molecular weight excluding hydrogens is 312 g/mol. The van der Waals surface area contributed by atoms with Gasteiger partial charge in [-0.2, -0.15) is 0 Å². The van der Waals surface area contributed by atoms with Gasteiger partial charge < -0.3 is 20.8 Å². The number of carboxylic acid groups (broad SMARTS) is 1. The van der Waals surface area contributed by atoms with E-state index in [4.69, 9.17) is 17.3 Å². The van der Waals surface area contributed by atoms with Gasteiger partial charge in [0.15, 0.2) is 5.11 Å². The molecule has 0 aliphatic rings. The number of thiocarbonyl (C=S) groups is 1. The third-order valence-electron chi connectivity index (χ3n) is 4.09. The van der Waals surface area contributed by atoms with E-state index in [1.165, 1.54) is 0 Å². The van der Waals surface area contributed by atoms with Crippen LogP contribution < -0.4 is 10.6 Å². The summed E-state index contributed by atoms with van der Waals surface area (Å²) in [6, 6.07) is 0. The van der Waals surface area contributed by atoms with Gasteiger partial charge in [-0.15, -0.1) is 0 Å². The molecular formula is C17H34N2O3S. The molecule has 0 aliphatic heterocycles. The molecule has 0 aromatic rings. The van der Waals surface area contributed by atoms with Gasteiger partial charge in [0.25, 0.3) is 0 Å². The molecule has 0 aromatic heterocycles. The summed E-state index contributed by atoms with van der Waals surface area (Å²) >= 11 is 5.21. The van der Waals surface area contributed by atoms with Gasteiger partial charge in [-0.3, -0.25) is 4.79 Å². The summed E-state index contributed by atoms with van der Waals surface area (Å²) in [4.78, 5) is 11.0. The van der Waals surface area contributed by atoms with Crippen molar-refractivity contribution in [1.82, 2.24) is 10.6 Å². The van der Waals surface area contributed by atoms with Crippen molar-refractivity contribution in [2.75, 3.05) is 19.7 Å². The average Bonchev–Trinajstić information content (AvgIpc) is 2.46. The molecule has 0 aliphatic carbocycles. The lowest BCUT2D eigenvalue weighted by Gasteiger charge is -2.21. The van der Waals surface area contributed by atoms with Crippen molar-refractivity contribution in [3.63, 3.8) is 0 Å². The monoisotopic (exact) mass is 346 g/mol. The zero-order valence-corrected chi connectivity index (χ0v) is 15.9. The molecule has 0 fully saturated rings. The second-order valence-corrected chi connectivity index (χ2v) is 8.02. The van der Waals surface area contributed by atoms with Crippen molar-refractivity contribution in [2.45, 2.75) is 66.2 Å². The molecule has 6 heteroatoms. The smallest absolute Gasteiger partial charge is 0.309 e. The highest BCUT2D eigenvalue weighted by Gasteiger charge is 2.25. The van der Waals surface area contributed by atoms with Crippen molar-refractivity contribution in [2.24, 2.45) is 10.8 Å². The second-order valence-electron chi connectivity index (χ2n) is 7.61. The molecule has 0 atom stereocenters. The molecule has 136 valence electrons. The van der Waals surface area contributed by atoms with E-state index in [9.17, 15) is 9.90 Å². The van der Waals surface area contributed by atoms with Crippen LogP contribution in [0, 0.1) is 10.8 Å². The third kappa shape index (κ3) is 11.3.